The average Bonchev–Trinajstić information content (AvgIpc) is 2.02. The van der Waals surface area contributed by atoms with Gasteiger partial charge >= 0.3 is 0 Å². The predicted octanol–water partition coefficient (Wildman–Crippen LogP) is 1.82. The van der Waals surface area contributed by atoms with Crippen molar-refractivity contribution in [2.45, 2.75) is 13.8 Å². The summed E-state index contributed by atoms with van der Waals surface area (Å²) in [6, 6.07) is 1.97. The Morgan fingerprint density at radius 2 is 1.58 bits per heavy atom. The fourth-order valence-corrected chi connectivity index (χ4v) is 1.43. The van der Waals surface area contributed by atoms with Gasteiger partial charge in [-0.2, -0.15) is 0 Å². The number of thiocarbonyl (C=S) groups is 1. The van der Waals surface area contributed by atoms with Crippen molar-refractivity contribution in [3.8, 4) is 0 Å². The van der Waals surface area contributed by atoms with E-state index in [9.17, 15) is 0 Å². The van der Waals surface area contributed by atoms with Crippen LogP contribution in [-0.2, 0) is 0 Å². The Kier molecular flexibility index (Phi) is 2.33. The maximum atomic E-state index is 5.78. The van der Waals surface area contributed by atoms with E-state index in [1.54, 1.807) is 0 Å². The molecule has 0 atom stereocenters. The van der Waals surface area contributed by atoms with Gasteiger partial charge in [0.05, 0.1) is 0 Å². The van der Waals surface area contributed by atoms with E-state index in [-0.39, 0.29) is 0 Å². The zero-order chi connectivity index (χ0) is 9.30. The van der Waals surface area contributed by atoms with Crippen molar-refractivity contribution in [2.24, 2.45) is 0 Å². The zero-order valence-corrected chi connectivity index (χ0v) is 8.03. The number of nitrogen functional groups attached to an aromatic ring is 2. The van der Waals surface area contributed by atoms with Crippen LogP contribution in [0.25, 0.3) is 0 Å². The molecule has 0 aromatic heterocycles. The number of hydrogen-bond donors (Lipinski definition) is 2. The molecule has 64 valence electrons. The van der Waals surface area contributed by atoms with Gasteiger partial charge in [-0.1, -0.05) is 18.3 Å². The lowest BCUT2D eigenvalue weighted by Gasteiger charge is -2.10. The second kappa shape index (κ2) is 3.11. The van der Waals surface area contributed by atoms with Crippen molar-refractivity contribution < 1.29 is 0 Å². The first-order valence-electron chi connectivity index (χ1n) is 3.68. The van der Waals surface area contributed by atoms with Crippen LogP contribution in [-0.4, -0.2) is 5.37 Å². The van der Waals surface area contributed by atoms with Crippen LogP contribution in [0.5, 0.6) is 0 Å². The smallest absolute Gasteiger partial charge is 0.0446 e. The molecule has 3 heteroatoms. The molecule has 12 heavy (non-hydrogen) atoms. The molecule has 0 amide bonds. The van der Waals surface area contributed by atoms with Crippen LogP contribution < -0.4 is 11.5 Å². The van der Waals surface area contributed by atoms with Crippen molar-refractivity contribution in [3.05, 3.63) is 22.8 Å². The Morgan fingerprint density at radius 3 is 1.92 bits per heavy atom. The fourth-order valence-electron chi connectivity index (χ4n) is 1.18. The summed E-state index contributed by atoms with van der Waals surface area (Å²) in [6.45, 7) is 3.90. The van der Waals surface area contributed by atoms with Crippen molar-refractivity contribution in [1.82, 2.24) is 0 Å². The van der Waals surface area contributed by atoms with E-state index >= 15 is 0 Å². The van der Waals surface area contributed by atoms with Crippen LogP contribution in [0.4, 0.5) is 11.4 Å². The minimum absolute atomic E-state index is 0.688. The molecule has 2 nitrogen and oxygen atoms in total. The summed E-state index contributed by atoms with van der Waals surface area (Å²) < 4.78 is 0. The van der Waals surface area contributed by atoms with Gasteiger partial charge in [-0.15, -0.1) is 0 Å². The molecule has 0 aliphatic rings. The van der Waals surface area contributed by atoms with Crippen molar-refractivity contribution in [3.63, 3.8) is 0 Å². The molecular formula is C9H12N2S. The van der Waals surface area contributed by atoms with Gasteiger partial charge in [-0.3, -0.25) is 0 Å². The topological polar surface area (TPSA) is 52.0 Å². The summed E-state index contributed by atoms with van der Waals surface area (Å²) in [5.74, 6) is 0. The molecule has 0 bridgehead atoms. The molecule has 1 aromatic carbocycles. The minimum Gasteiger partial charge on any atom is -0.398 e. The largest absolute Gasteiger partial charge is 0.398 e. The Bertz CT molecular complexity index is 306. The molecular weight excluding hydrogens is 168 g/mol. The molecule has 0 aliphatic carbocycles. The molecule has 1 aromatic rings. The maximum absolute atomic E-state index is 5.78. The molecule has 0 fully saturated rings. The zero-order valence-electron chi connectivity index (χ0n) is 7.22. The van der Waals surface area contributed by atoms with Crippen LogP contribution in [0.3, 0.4) is 0 Å². The number of hydrogen-bond acceptors (Lipinski definition) is 3. The van der Waals surface area contributed by atoms with Gasteiger partial charge in [0, 0.05) is 22.3 Å². The van der Waals surface area contributed by atoms with Crippen molar-refractivity contribution in [1.29, 1.82) is 0 Å². The number of benzene rings is 1. The molecule has 0 saturated carbocycles. The summed E-state index contributed by atoms with van der Waals surface area (Å²) in [5, 5.41) is 1.53. The van der Waals surface area contributed by atoms with Gasteiger partial charge in [-0.05, 0) is 25.0 Å². The lowest BCUT2D eigenvalue weighted by molar-refractivity contribution is 1.38. The Labute approximate surface area is 77.6 Å². The van der Waals surface area contributed by atoms with Crippen LogP contribution in [0.15, 0.2) is 6.07 Å². The Morgan fingerprint density at radius 1 is 1.17 bits per heavy atom. The van der Waals surface area contributed by atoms with E-state index in [2.05, 4.69) is 0 Å². The van der Waals surface area contributed by atoms with Gasteiger partial charge in [0.25, 0.3) is 0 Å². The van der Waals surface area contributed by atoms with Crippen molar-refractivity contribution in [2.75, 3.05) is 11.5 Å². The third-order valence-electron chi connectivity index (χ3n) is 1.98. The van der Waals surface area contributed by atoms with Gasteiger partial charge in [0.1, 0.15) is 0 Å². The second-order valence-electron chi connectivity index (χ2n) is 2.87. The molecule has 0 saturated heterocycles. The predicted molar refractivity (Wildman–Crippen MR) is 57.5 cm³/mol. The minimum atomic E-state index is 0.688. The Balaban J connectivity index is 3.52. The summed E-state index contributed by atoms with van der Waals surface area (Å²) in [6.07, 6.45) is 0. The van der Waals surface area contributed by atoms with Crippen molar-refractivity contribution >= 4 is 29.0 Å². The molecule has 0 unspecified atom stereocenters. The summed E-state index contributed by atoms with van der Waals surface area (Å²) in [5.41, 5.74) is 15.8. The summed E-state index contributed by atoms with van der Waals surface area (Å²) >= 11 is 4.83. The highest BCUT2D eigenvalue weighted by atomic mass is 32.1. The highest BCUT2D eigenvalue weighted by Gasteiger charge is 2.06. The van der Waals surface area contributed by atoms with Crippen LogP contribution in [0.1, 0.15) is 16.7 Å². The molecule has 1 rings (SSSR count). The van der Waals surface area contributed by atoms with E-state index in [1.807, 2.05) is 19.9 Å². The first kappa shape index (κ1) is 9.00. The summed E-state index contributed by atoms with van der Waals surface area (Å²) in [7, 11) is 0. The van der Waals surface area contributed by atoms with E-state index in [0.717, 1.165) is 16.7 Å². The highest BCUT2D eigenvalue weighted by molar-refractivity contribution is 7.79. The second-order valence-corrected chi connectivity index (χ2v) is 3.10. The lowest BCUT2D eigenvalue weighted by Crippen LogP contribution is -2.03. The standard InChI is InChI=1S/C9H12N2S/c1-5-3-6(2)9(11)7(4-12)8(5)10/h3-4H,10-11H2,1-2H3. The maximum Gasteiger partial charge on any atom is 0.0446 e. The highest BCUT2D eigenvalue weighted by Crippen LogP contribution is 2.25. The fraction of sp³-hybridized carbons (Fsp3) is 0.222. The molecule has 4 N–H and O–H groups in total. The first-order valence-corrected chi connectivity index (χ1v) is 4.15. The van der Waals surface area contributed by atoms with Crippen LogP contribution >= 0.6 is 12.2 Å². The molecule has 0 heterocycles. The third-order valence-corrected chi connectivity index (χ3v) is 2.22. The van der Waals surface area contributed by atoms with Gasteiger partial charge in [0.15, 0.2) is 0 Å². The van der Waals surface area contributed by atoms with E-state index < -0.39 is 0 Å². The quantitative estimate of drug-likeness (QED) is 0.512. The summed E-state index contributed by atoms with van der Waals surface area (Å²) in [4.78, 5) is 0. The van der Waals surface area contributed by atoms with Gasteiger partial charge in [0.2, 0.25) is 0 Å². The first-order chi connectivity index (χ1) is 5.57. The molecule has 0 spiro atoms. The third kappa shape index (κ3) is 1.28. The number of anilines is 2. The lowest BCUT2D eigenvalue weighted by atomic mass is 10.0. The number of aryl methyl sites for hydroxylation is 2. The van der Waals surface area contributed by atoms with Gasteiger partial charge in [-0.25, -0.2) is 0 Å². The monoisotopic (exact) mass is 180 g/mol. The number of rotatable bonds is 1. The van der Waals surface area contributed by atoms with Crippen LogP contribution in [0, 0.1) is 13.8 Å². The van der Waals surface area contributed by atoms with Gasteiger partial charge < -0.3 is 11.5 Å². The van der Waals surface area contributed by atoms with E-state index in [0.29, 0.717) is 11.4 Å². The van der Waals surface area contributed by atoms with E-state index in [4.69, 9.17) is 23.7 Å². The Hall–Kier alpha value is -1.09. The molecule has 0 aliphatic heterocycles. The average molecular weight is 180 g/mol. The number of nitrogens with two attached hydrogens (primary N) is 2. The molecule has 0 radical (unpaired) electrons. The van der Waals surface area contributed by atoms with Crippen LogP contribution in [0.2, 0.25) is 0 Å². The SMILES string of the molecule is Cc1cc(C)c(N)c(C=S)c1N. The van der Waals surface area contributed by atoms with E-state index in [1.165, 1.54) is 5.37 Å². The normalized spacial score (nSPS) is 9.83.